The summed E-state index contributed by atoms with van der Waals surface area (Å²) in [6, 6.07) is 90.9. The normalized spacial score (nSPS) is 11.4. The summed E-state index contributed by atoms with van der Waals surface area (Å²) in [7, 11) is 0. The van der Waals surface area contributed by atoms with Gasteiger partial charge in [-0.15, -0.1) is 0 Å². The van der Waals surface area contributed by atoms with Crippen molar-refractivity contribution in [3.63, 3.8) is 0 Å². The molecule has 0 saturated carbocycles. The average Bonchev–Trinajstić information content (AvgIpc) is 3.32. The first-order valence-electron chi connectivity index (χ1n) is 20.3. The summed E-state index contributed by atoms with van der Waals surface area (Å²) >= 11 is 0. The number of para-hydroxylation sites is 4. The highest BCUT2D eigenvalue weighted by Crippen LogP contribution is 2.42. The summed E-state index contributed by atoms with van der Waals surface area (Å²) in [5.74, 6) is 0.226. The highest BCUT2D eigenvalue weighted by atomic mass is 15.2. The van der Waals surface area contributed by atoms with Gasteiger partial charge in [0.2, 0.25) is 0 Å². The van der Waals surface area contributed by atoms with Crippen LogP contribution in [-0.2, 0) is 6.42 Å². The van der Waals surface area contributed by atoms with Crippen LogP contribution >= 0.6 is 0 Å². The number of benzene rings is 9. The molecule has 0 aromatic heterocycles. The van der Waals surface area contributed by atoms with Crippen molar-refractivity contribution in [2.24, 2.45) is 0 Å². The van der Waals surface area contributed by atoms with Crippen molar-refractivity contribution in [2.75, 3.05) is 14.7 Å². The highest BCUT2D eigenvalue weighted by molar-refractivity contribution is 5.83. The van der Waals surface area contributed by atoms with Crippen molar-refractivity contribution in [3.8, 4) is 0 Å². The molecule has 9 rings (SSSR count). The Balaban J connectivity index is 1.11. The van der Waals surface area contributed by atoms with Crippen LogP contribution in [0.4, 0.5) is 51.2 Å². The molecule has 0 amide bonds. The van der Waals surface area contributed by atoms with E-state index in [0.29, 0.717) is 0 Å². The van der Waals surface area contributed by atoms with E-state index in [1.165, 1.54) is 16.7 Å². The number of anilines is 9. The van der Waals surface area contributed by atoms with Gasteiger partial charge in [0.25, 0.3) is 0 Å². The molecule has 3 heteroatoms. The Bertz CT molecular complexity index is 2430. The van der Waals surface area contributed by atoms with Gasteiger partial charge in [0.15, 0.2) is 0 Å². The summed E-state index contributed by atoms with van der Waals surface area (Å²) < 4.78 is 0. The minimum atomic E-state index is 0.226. The van der Waals surface area contributed by atoms with E-state index in [-0.39, 0.29) is 5.92 Å². The molecule has 1 unspecified atom stereocenters. The zero-order valence-corrected chi connectivity index (χ0v) is 32.9. The van der Waals surface area contributed by atoms with Crippen LogP contribution in [-0.4, -0.2) is 0 Å². The van der Waals surface area contributed by atoms with E-state index in [2.05, 4.69) is 269 Å². The molecule has 0 spiro atoms. The van der Waals surface area contributed by atoms with Gasteiger partial charge in [-0.3, -0.25) is 0 Å². The Morgan fingerprint density at radius 2 is 0.441 bits per heavy atom. The smallest absolute Gasteiger partial charge is 0.0463 e. The minimum Gasteiger partial charge on any atom is -0.311 e. The fourth-order valence-corrected chi connectivity index (χ4v) is 7.97. The van der Waals surface area contributed by atoms with Gasteiger partial charge in [-0.25, -0.2) is 0 Å². The molecule has 0 aliphatic rings. The Morgan fingerprint density at radius 3 is 0.746 bits per heavy atom. The molecule has 0 heterocycles. The largest absolute Gasteiger partial charge is 0.311 e. The quantitative estimate of drug-likeness (QED) is 0.116. The van der Waals surface area contributed by atoms with Crippen molar-refractivity contribution in [3.05, 3.63) is 271 Å². The van der Waals surface area contributed by atoms with E-state index in [1.54, 1.807) is 0 Å². The van der Waals surface area contributed by atoms with E-state index in [1.807, 2.05) is 0 Å². The van der Waals surface area contributed by atoms with Gasteiger partial charge in [-0.05, 0) is 132 Å². The van der Waals surface area contributed by atoms with Crippen LogP contribution in [0, 0.1) is 0 Å². The fraction of sp³-hybridized carbons (Fsp3) is 0.0357. The third-order valence-corrected chi connectivity index (χ3v) is 10.8. The summed E-state index contributed by atoms with van der Waals surface area (Å²) in [5, 5.41) is 0. The number of nitrogens with zero attached hydrogens (tertiary/aromatic N) is 3. The molecule has 0 bridgehead atoms. The van der Waals surface area contributed by atoms with E-state index in [4.69, 9.17) is 0 Å². The predicted octanol–water partition coefficient (Wildman–Crippen LogP) is 15.5. The lowest BCUT2D eigenvalue weighted by atomic mass is 9.86. The molecule has 0 aliphatic heterocycles. The maximum Gasteiger partial charge on any atom is 0.0463 e. The average molecular weight is 760 g/mol. The van der Waals surface area contributed by atoms with Gasteiger partial charge in [0.1, 0.15) is 0 Å². The third kappa shape index (κ3) is 8.41. The molecule has 0 N–H and O–H groups in total. The Hall–Kier alpha value is -7.62. The first kappa shape index (κ1) is 37.0. The first-order chi connectivity index (χ1) is 29.3. The van der Waals surface area contributed by atoms with E-state index in [9.17, 15) is 0 Å². The summed E-state index contributed by atoms with van der Waals surface area (Å²) in [6.07, 6.45) is 0.926. The zero-order chi connectivity index (χ0) is 39.6. The lowest BCUT2D eigenvalue weighted by molar-refractivity contribution is 0.805. The molecular formula is C56H45N3. The van der Waals surface area contributed by atoms with Gasteiger partial charge < -0.3 is 14.7 Å². The van der Waals surface area contributed by atoms with Crippen LogP contribution < -0.4 is 14.7 Å². The second kappa shape index (κ2) is 17.7. The fourth-order valence-electron chi connectivity index (χ4n) is 7.97. The van der Waals surface area contributed by atoms with E-state index >= 15 is 0 Å². The number of rotatable bonds is 13. The molecule has 9 aromatic carbocycles. The SMILES string of the molecule is c1ccc(CC(c2ccccc2)c2ccc(N(c3ccc(N(c4ccccc4)c4ccccc4)cc3)c3ccc(N(c4ccccc4)c4ccccc4)cc3)cc2)cc1. The van der Waals surface area contributed by atoms with Gasteiger partial charge in [0.05, 0.1) is 0 Å². The zero-order valence-electron chi connectivity index (χ0n) is 32.9. The molecule has 3 nitrogen and oxygen atoms in total. The predicted molar refractivity (Wildman–Crippen MR) is 249 cm³/mol. The van der Waals surface area contributed by atoms with Crippen molar-refractivity contribution in [1.82, 2.24) is 0 Å². The van der Waals surface area contributed by atoms with Crippen LogP contribution in [0.1, 0.15) is 22.6 Å². The van der Waals surface area contributed by atoms with E-state index in [0.717, 1.165) is 57.6 Å². The number of hydrogen-bond donors (Lipinski definition) is 0. The highest BCUT2D eigenvalue weighted by Gasteiger charge is 2.20. The van der Waals surface area contributed by atoms with Crippen LogP contribution in [0.5, 0.6) is 0 Å². The van der Waals surface area contributed by atoms with E-state index < -0.39 is 0 Å². The van der Waals surface area contributed by atoms with Crippen LogP contribution in [0.15, 0.2) is 255 Å². The van der Waals surface area contributed by atoms with Crippen molar-refractivity contribution in [1.29, 1.82) is 0 Å². The first-order valence-corrected chi connectivity index (χ1v) is 20.3. The maximum absolute atomic E-state index is 2.36. The lowest BCUT2D eigenvalue weighted by Crippen LogP contribution is -2.13. The van der Waals surface area contributed by atoms with Gasteiger partial charge in [-0.2, -0.15) is 0 Å². The van der Waals surface area contributed by atoms with Crippen LogP contribution in [0.25, 0.3) is 0 Å². The van der Waals surface area contributed by atoms with Crippen molar-refractivity contribution >= 4 is 51.2 Å². The van der Waals surface area contributed by atoms with Gasteiger partial charge in [-0.1, -0.05) is 146 Å². The molecule has 1 atom stereocenters. The monoisotopic (exact) mass is 759 g/mol. The van der Waals surface area contributed by atoms with Crippen molar-refractivity contribution in [2.45, 2.75) is 12.3 Å². The molecule has 0 fully saturated rings. The standard InChI is InChI=1S/C56H45N3/c1-7-19-44(20-8-1)43-56(45-21-9-2-10-22-45)46-31-33-51(34-32-46)59(54-39-35-52(36-40-54)57(47-23-11-3-12-24-47)48-25-13-4-14-26-48)55-41-37-53(38-42-55)58(49-27-15-5-16-28-49)50-29-17-6-18-30-50/h1-42,56H,43H2. The summed E-state index contributed by atoms with van der Waals surface area (Å²) in [6.45, 7) is 0. The van der Waals surface area contributed by atoms with Crippen molar-refractivity contribution < 1.29 is 0 Å². The third-order valence-electron chi connectivity index (χ3n) is 10.8. The molecular weight excluding hydrogens is 715 g/mol. The van der Waals surface area contributed by atoms with Gasteiger partial charge >= 0.3 is 0 Å². The number of hydrogen-bond acceptors (Lipinski definition) is 3. The molecule has 0 saturated heterocycles. The minimum absolute atomic E-state index is 0.226. The summed E-state index contributed by atoms with van der Waals surface area (Å²) in [4.78, 5) is 6.96. The van der Waals surface area contributed by atoms with Gasteiger partial charge in [0, 0.05) is 57.1 Å². The Morgan fingerprint density at radius 1 is 0.220 bits per heavy atom. The topological polar surface area (TPSA) is 9.72 Å². The second-order valence-electron chi connectivity index (χ2n) is 14.6. The van der Waals surface area contributed by atoms with Crippen LogP contribution in [0.3, 0.4) is 0 Å². The molecule has 59 heavy (non-hydrogen) atoms. The Labute approximate surface area is 348 Å². The lowest BCUT2D eigenvalue weighted by Gasteiger charge is -2.30. The second-order valence-corrected chi connectivity index (χ2v) is 14.6. The summed E-state index contributed by atoms with van der Waals surface area (Å²) in [5.41, 5.74) is 13.8. The molecule has 284 valence electrons. The Kier molecular flexibility index (Phi) is 11.1. The van der Waals surface area contributed by atoms with Crippen LogP contribution in [0.2, 0.25) is 0 Å². The molecule has 9 aromatic rings. The maximum atomic E-state index is 2.36. The molecule has 0 radical (unpaired) electrons. The molecule has 0 aliphatic carbocycles.